The van der Waals surface area contributed by atoms with Crippen LogP contribution < -0.4 is 20.9 Å². The third kappa shape index (κ3) is 6.19. The molecule has 0 bridgehead atoms. The molecule has 0 spiro atoms. The molecule has 38 heavy (non-hydrogen) atoms. The van der Waals surface area contributed by atoms with Crippen molar-refractivity contribution in [1.82, 2.24) is 24.8 Å². The van der Waals surface area contributed by atoms with Gasteiger partial charge in [0.15, 0.2) is 11.5 Å². The predicted octanol–water partition coefficient (Wildman–Crippen LogP) is 3.44. The number of nitrogens with two attached hydrogens (primary N) is 1. The third-order valence-corrected chi connectivity index (χ3v) is 6.59. The van der Waals surface area contributed by atoms with Crippen LogP contribution in [0.15, 0.2) is 40.9 Å². The maximum Gasteiger partial charge on any atom is 0.272 e. The molecule has 0 radical (unpaired) electrons. The number of aliphatic imine (C=N–C) groups is 1. The Bertz CT molecular complexity index is 1340. The second-order valence-electron chi connectivity index (χ2n) is 9.97. The molecule has 0 saturated carbocycles. The molecule has 1 atom stereocenters. The average molecular weight is 518 g/mol. The Labute approximate surface area is 224 Å². The van der Waals surface area contributed by atoms with Crippen LogP contribution in [0, 0.1) is 6.92 Å². The van der Waals surface area contributed by atoms with Crippen LogP contribution in [0.5, 0.6) is 0 Å². The van der Waals surface area contributed by atoms with E-state index in [1.54, 1.807) is 6.34 Å². The highest BCUT2D eigenvalue weighted by molar-refractivity contribution is 6.00. The van der Waals surface area contributed by atoms with Gasteiger partial charge in [0.2, 0.25) is 5.95 Å². The second kappa shape index (κ2) is 12.2. The minimum atomic E-state index is -0.242. The minimum absolute atomic E-state index is 0.0748. The highest BCUT2D eigenvalue weighted by Gasteiger charge is 2.29. The van der Waals surface area contributed by atoms with Crippen LogP contribution in [0.1, 0.15) is 55.6 Å². The lowest BCUT2D eigenvalue weighted by atomic mass is 10.1. The summed E-state index contributed by atoms with van der Waals surface area (Å²) in [6.07, 6.45) is 5.79. The molecule has 1 saturated heterocycles. The van der Waals surface area contributed by atoms with Crippen molar-refractivity contribution in [2.75, 3.05) is 36.5 Å². The molecule has 0 aliphatic carbocycles. The lowest BCUT2D eigenvalue weighted by Crippen LogP contribution is -2.44. The molecular formula is C28H39N9O. The van der Waals surface area contributed by atoms with Crippen molar-refractivity contribution in [3.8, 4) is 0 Å². The van der Waals surface area contributed by atoms with Gasteiger partial charge in [-0.25, -0.2) is 9.97 Å². The van der Waals surface area contributed by atoms with Crippen LogP contribution in [-0.4, -0.2) is 64.5 Å². The summed E-state index contributed by atoms with van der Waals surface area (Å²) in [5.41, 5.74) is 9.69. The van der Waals surface area contributed by atoms with Crippen molar-refractivity contribution >= 4 is 34.9 Å². The van der Waals surface area contributed by atoms with Gasteiger partial charge in [-0.3, -0.25) is 9.79 Å². The zero-order valence-electron chi connectivity index (χ0n) is 23.1. The number of nitrogens with one attached hydrogen (secondary N) is 1. The number of allylic oxidation sites excluding steroid dienone is 2. The maximum atomic E-state index is 13.8. The number of imidazole rings is 1. The molecule has 1 unspecified atom stereocenters. The third-order valence-electron chi connectivity index (χ3n) is 6.59. The first kappa shape index (κ1) is 27.3. The lowest BCUT2D eigenvalue weighted by molar-refractivity contribution is 0.0942. The number of amides is 1. The molecule has 1 aliphatic heterocycles. The highest BCUT2D eigenvalue weighted by atomic mass is 16.2. The number of carbonyl (C=O) groups is 1. The average Bonchev–Trinajstić information content (AvgIpc) is 3.29. The Hall–Kier alpha value is -3.79. The zero-order chi connectivity index (χ0) is 27.2. The summed E-state index contributed by atoms with van der Waals surface area (Å²) in [5.74, 6) is 1.61. The predicted molar refractivity (Wildman–Crippen MR) is 154 cm³/mol. The summed E-state index contributed by atoms with van der Waals surface area (Å²) < 4.78 is 1.98. The fourth-order valence-corrected chi connectivity index (χ4v) is 4.65. The van der Waals surface area contributed by atoms with Gasteiger partial charge in [-0.05, 0) is 46.6 Å². The number of para-hydroxylation sites is 1. The van der Waals surface area contributed by atoms with Crippen LogP contribution in [0.25, 0.3) is 10.9 Å². The molecule has 1 aromatic carbocycles. The van der Waals surface area contributed by atoms with Crippen molar-refractivity contribution in [1.29, 1.82) is 0 Å². The Morgan fingerprint density at radius 3 is 2.79 bits per heavy atom. The zero-order valence-corrected chi connectivity index (χ0v) is 23.1. The molecular weight excluding hydrogens is 478 g/mol. The van der Waals surface area contributed by atoms with Gasteiger partial charge >= 0.3 is 0 Å². The number of piperidine rings is 1. The fraction of sp³-hybridized carbons (Fsp3) is 0.464. The summed E-state index contributed by atoms with van der Waals surface area (Å²) in [6, 6.07) is 7.96. The largest absolute Gasteiger partial charge is 0.343 e. The number of fused-ring (bicyclic) bond motifs is 1. The molecule has 1 aliphatic rings. The number of anilines is 2. The first-order chi connectivity index (χ1) is 18.3. The summed E-state index contributed by atoms with van der Waals surface area (Å²) in [5, 5.41) is 4.06. The molecule has 3 N–H and O–H groups in total. The topological polar surface area (TPSA) is 118 Å². The number of rotatable bonds is 9. The second-order valence-corrected chi connectivity index (χ2v) is 9.97. The van der Waals surface area contributed by atoms with Gasteiger partial charge in [-0.2, -0.15) is 4.98 Å². The van der Waals surface area contributed by atoms with E-state index < -0.39 is 0 Å². The van der Waals surface area contributed by atoms with Crippen molar-refractivity contribution in [2.45, 2.75) is 59.7 Å². The van der Waals surface area contributed by atoms with Crippen LogP contribution in [0.2, 0.25) is 0 Å². The van der Waals surface area contributed by atoms with Gasteiger partial charge in [0.05, 0.1) is 18.4 Å². The number of nitrogens with zero attached hydrogens (tertiary/aromatic N) is 7. The van der Waals surface area contributed by atoms with Crippen LogP contribution in [0.4, 0.5) is 11.8 Å². The summed E-state index contributed by atoms with van der Waals surface area (Å²) >= 11 is 0. The Balaban J connectivity index is 1.72. The number of aryl methyl sites for hydroxylation is 1. The van der Waals surface area contributed by atoms with Crippen molar-refractivity contribution in [2.24, 2.45) is 10.7 Å². The van der Waals surface area contributed by atoms with E-state index in [4.69, 9.17) is 10.7 Å². The number of hydrogen-bond donors (Lipinski definition) is 2. The van der Waals surface area contributed by atoms with Crippen molar-refractivity contribution < 1.29 is 4.79 Å². The van der Waals surface area contributed by atoms with Crippen LogP contribution in [-0.2, 0) is 13.1 Å². The first-order valence-corrected chi connectivity index (χ1v) is 13.3. The Kier molecular flexibility index (Phi) is 8.73. The lowest BCUT2D eigenvalue weighted by Gasteiger charge is -2.32. The summed E-state index contributed by atoms with van der Waals surface area (Å²) in [6.45, 7) is 10.9. The standard InChI is InChI=1S/C28H39N9O/c1-6-30-18-35(5)26-25(27(38)31-16-24-32-20(4)22-11-7-8-12-23(22)33-24)37(15-13-19(2)3)28(34-26)36-14-9-10-21(29)17-36/h7-8,11-13,18,21H,6,9-10,14-17,29H2,1-5H3,(H,31,38). The summed E-state index contributed by atoms with van der Waals surface area (Å²) in [7, 11) is 1.87. The molecule has 3 heterocycles. The number of carbonyl (C=O) groups excluding carboxylic acids is 1. The molecule has 2 aromatic heterocycles. The molecule has 10 heteroatoms. The molecule has 1 fully saturated rings. The van der Waals surface area contributed by atoms with E-state index in [2.05, 4.69) is 31.3 Å². The maximum absolute atomic E-state index is 13.8. The van der Waals surface area contributed by atoms with Crippen LogP contribution in [0.3, 0.4) is 0 Å². The van der Waals surface area contributed by atoms with E-state index in [9.17, 15) is 4.79 Å². The van der Waals surface area contributed by atoms with Gasteiger partial charge in [-0.15, -0.1) is 0 Å². The van der Waals surface area contributed by atoms with Gasteiger partial charge in [-0.1, -0.05) is 29.8 Å². The molecule has 10 nitrogen and oxygen atoms in total. The van der Waals surface area contributed by atoms with E-state index in [1.807, 2.05) is 68.5 Å². The number of aromatic nitrogens is 4. The fourth-order valence-electron chi connectivity index (χ4n) is 4.65. The smallest absolute Gasteiger partial charge is 0.272 e. The van der Waals surface area contributed by atoms with E-state index in [0.717, 1.165) is 47.5 Å². The SMILES string of the molecule is CCN=CN(C)c1nc(N2CCCC(N)C2)n(CC=C(C)C)c1C(=O)NCc1nc(C)c2ccccc2n1. The van der Waals surface area contributed by atoms with Gasteiger partial charge in [0.1, 0.15) is 5.82 Å². The Morgan fingerprint density at radius 2 is 2.05 bits per heavy atom. The monoisotopic (exact) mass is 517 g/mol. The van der Waals surface area contributed by atoms with E-state index in [0.29, 0.717) is 37.0 Å². The molecule has 202 valence electrons. The van der Waals surface area contributed by atoms with Crippen molar-refractivity contribution in [3.05, 3.63) is 53.1 Å². The van der Waals surface area contributed by atoms with Gasteiger partial charge < -0.3 is 25.4 Å². The van der Waals surface area contributed by atoms with E-state index in [1.165, 1.54) is 0 Å². The first-order valence-electron chi connectivity index (χ1n) is 13.3. The Morgan fingerprint density at radius 1 is 1.26 bits per heavy atom. The molecule has 1 amide bonds. The minimum Gasteiger partial charge on any atom is -0.343 e. The molecule has 3 aromatic rings. The van der Waals surface area contributed by atoms with Gasteiger partial charge in [0.25, 0.3) is 5.91 Å². The normalized spacial score (nSPS) is 15.7. The molecule has 4 rings (SSSR count). The van der Waals surface area contributed by atoms with E-state index >= 15 is 0 Å². The highest BCUT2D eigenvalue weighted by Crippen LogP contribution is 2.28. The number of hydrogen-bond acceptors (Lipinski definition) is 7. The van der Waals surface area contributed by atoms with Crippen LogP contribution >= 0.6 is 0 Å². The van der Waals surface area contributed by atoms with E-state index in [-0.39, 0.29) is 18.5 Å². The summed E-state index contributed by atoms with van der Waals surface area (Å²) in [4.78, 5) is 36.5. The van der Waals surface area contributed by atoms with Gasteiger partial charge in [0, 0.05) is 50.3 Å². The van der Waals surface area contributed by atoms with Crippen molar-refractivity contribution in [3.63, 3.8) is 0 Å². The quantitative estimate of drug-likeness (QED) is 0.254. The number of benzene rings is 1.